The summed E-state index contributed by atoms with van der Waals surface area (Å²) in [5.41, 5.74) is 19.7. The van der Waals surface area contributed by atoms with Crippen LogP contribution >= 0.6 is 20.8 Å². The van der Waals surface area contributed by atoms with Gasteiger partial charge in [-0.25, -0.2) is 44.9 Å². The fraction of sp³-hybridized carbons (Fsp3) is 0.571. The number of anilines is 3. The lowest BCUT2D eigenvalue weighted by Crippen LogP contribution is -2.37. The highest BCUT2D eigenvalue weighted by Gasteiger charge is 2.52. The van der Waals surface area contributed by atoms with Crippen molar-refractivity contribution in [2.75, 3.05) is 57.0 Å². The number of methoxy groups -OCH3 is 1. The van der Waals surface area contributed by atoms with Gasteiger partial charge < -0.3 is 74.2 Å². The molecule has 0 bridgehead atoms. The van der Waals surface area contributed by atoms with Crippen molar-refractivity contribution in [3.8, 4) is 0 Å². The van der Waals surface area contributed by atoms with Crippen LogP contribution in [0.1, 0.15) is 38.4 Å². The Hall–Kier alpha value is -3.94. The molecule has 14 unspecified atom stereocenters. The molecule has 14 atom stereocenters. The van der Waals surface area contributed by atoms with Crippen molar-refractivity contribution >= 4 is 95.4 Å². The summed E-state index contributed by atoms with van der Waals surface area (Å²) in [7, 11) is -1.59. The lowest BCUT2D eigenvalue weighted by atomic mass is 10.1. The van der Waals surface area contributed by atoms with Gasteiger partial charge in [0.25, 0.3) is 0 Å². The smallest absolute Gasteiger partial charge is 0.325 e. The molecule has 9 heterocycles. The molecule has 69 heavy (non-hydrogen) atoms. The van der Waals surface area contributed by atoms with Crippen molar-refractivity contribution in [2.45, 2.75) is 87.3 Å². The number of fused-ring (bicyclic) bond motifs is 3. The number of ether oxygens (including phenoxy) is 4. The largest absolute Gasteiger partial charge is 0.387 e. The summed E-state index contributed by atoms with van der Waals surface area (Å²) in [5.74, 6) is 0.299. The van der Waals surface area contributed by atoms with E-state index in [4.69, 9.17) is 82.4 Å². The van der Waals surface area contributed by atoms with Crippen LogP contribution in [0.2, 0.25) is 0 Å². The summed E-state index contributed by atoms with van der Waals surface area (Å²) in [6.45, 7) is -5.97. The van der Waals surface area contributed by atoms with Crippen LogP contribution in [-0.2, 0) is 69.7 Å². The number of hydrogen-bond acceptors (Lipinski definition) is 26. The van der Waals surface area contributed by atoms with E-state index in [9.17, 15) is 24.6 Å². The number of nitrogens with zero attached hydrogens (tertiary/aromatic N) is 12. The van der Waals surface area contributed by atoms with Crippen molar-refractivity contribution in [1.29, 1.82) is 0 Å². The van der Waals surface area contributed by atoms with Gasteiger partial charge in [-0.2, -0.15) is 0 Å². The third kappa shape index (κ3) is 10.3. The van der Waals surface area contributed by atoms with E-state index >= 15 is 0 Å². The van der Waals surface area contributed by atoms with E-state index in [1.807, 2.05) is 0 Å². The first-order valence-electron chi connectivity index (χ1n) is 21.0. The van der Waals surface area contributed by atoms with Crippen LogP contribution < -0.4 is 17.2 Å². The molecular formula is C35H48N15O14P3S2. The van der Waals surface area contributed by atoms with Crippen LogP contribution in [0.15, 0.2) is 38.0 Å². The molecule has 0 spiro atoms. The van der Waals surface area contributed by atoms with Gasteiger partial charge in [0.05, 0.1) is 44.9 Å². The lowest BCUT2D eigenvalue weighted by Gasteiger charge is -2.28. The second-order valence-corrected chi connectivity index (χ2v) is 24.4. The fourth-order valence-corrected chi connectivity index (χ4v) is 12.7. The van der Waals surface area contributed by atoms with Crippen LogP contribution in [-0.4, -0.2) is 167 Å². The third-order valence-corrected chi connectivity index (χ3v) is 16.6. The summed E-state index contributed by atoms with van der Waals surface area (Å²) in [6, 6.07) is 0. The molecule has 6 aromatic heterocycles. The van der Waals surface area contributed by atoms with Gasteiger partial charge >= 0.3 is 13.4 Å². The zero-order chi connectivity index (χ0) is 49.0. The minimum Gasteiger partial charge on any atom is -0.387 e. The number of hydrogen-bond donors (Lipinski definition) is 7. The van der Waals surface area contributed by atoms with Crippen LogP contribution in [0.3, 0.4) is 0 Å². The highest BCUT2D eigenvalue weighted by atomic mass is 32.5. The number of imidazole rings is 3. The molecule has 0 saturated carbocycles. The van der Waals surface area contributed by atoms with Gasteiger partial charge in [-0.05, 0) is 37.0 Å². The molecule has 3 aliphatic heterocycles. The van der Waals surface area contributed by atoms with E-state index in [0.717, 1.165) is 0 Å². The maximum absolute atomic E-state index is 13.0. The quantitative estimate of drug-likeness (QED) is 0.0547. The van der Waals surface area contributed by atoms with E-state index < -0.39 is 102 Å². The second-order valence-electron chi connectivity index (χ2n) is 16.1. The predicted molar refractivity (Wildman–Crippen MR) is 248 cm³/mol. The Balaban J connectivity index is 0.920. The maximum Gasteiger partial charge on any atom is 0.325 e. The molecular weight excluding hydrogens is 1010 g/mol. The average molecular weight is 1060 g/mol. The van der Waals surface area contributed by atoms with Crippen molar-refractivity contribution in [3.05, 3.63) is 38.0 Å². The zero-order valence-corrected chi connectivity index (χ0v) is 41.0. The van der Waals surface area contributed by atoms with Gasteiger partial charge in [-0.15, -0.1) is 0 Å². The van der Waals surface area contributed by atoms with Gasteiger partial charge in [-0.3, -0.25) is 22.8 Å². The molecule has 0 radical (unpaired) electrons. The van der Waals surface area contributed by atoms with E-state index in [0.29, 0.717) is 17.6 Å². The highest BCUT2D eigenvalue weighted by molar-refractivity contribution is 8.07. The maximum atomic E-state index is 13.0. The Morgan fingerprint density at radius 1 is 0.681 bits per heavy atom. The first-order chi connectivity index (χ1) is 32.9. The monoisotopic (exact) mass is 1060 g/mol. The van der Waals surface area contributed by atoms with Gasteiger partial charge in [0.2, 0.25) is 0 Å². The second kappa shape index (κ2) is 19.9. The Kier molecular flexibility index (Phi) is 14.4. The highest BCUT2D eigenvalue weighted by Crippen LogP contribution is 2.54. The molecule has 6 aromatic rings. The SMILES string of the molecule is CCOP(C)(=O)CCC1CC(OP(O)(=S)OCC2OC(n3cnc4c(N)ncnc43)C(OP(O)(=S)OCC3OC(n4cnc5c(N)ncnc54)C(O)C3O)C2OC)C(n2cnc3c(N)ncnc32)O1. The lowest BCUT2D eigenvalue weighted by molar-refractivity contribution is -0.0583. The van der Waals surface area contributed by atoms with Crippen molar-refractivity contribution in [2.24, 2.45) is 0 Å². The standard InChI is InChI=1S/C35H48N15O14P3S2/c1-4-57-65(3,53)6-5-16-7-17(33(60-16)48-13-45-20-27(36)39-10-42-30(20)48)63-66(54,68)59-9-19-25(56-2)26(35(62-19)50-15-47-22-29(38)41-12-44-32(22)50)64-67(55,69)58-8-18-23(51)24(52)34(61-18)49-14-46-21-28(37)40-11-43-31(21)49/h10-19,23-26,33-35,51-52H,4-9H2,1-3H3,(H,54,68)(H,55,69)(H2,36,39,42)(H2,37,40,43)(H2,38,41,44). The number of nitrogen functional groups attached to an aromatic ring is 3. The average Bonchev–Trinajstić information content (AvgIpc) is 4.17. The minimum atomic E-state index is -4.34. The molecule has 10 N–H and O–H groups in total. The predicted octanol–water partition coefficient (Wildman–Crippen LogP) is 0.644. The number of rotatable bonds is 19. The summed E-state index contributed by atoms with van der Waals surface area (Å²) in [6.07, 6.45) is -4.10. The minimum absolute atomic E-state index is 0.0652. The normalized spacial score (nSPS) is 30.0. The Morgan fingerprint density at radius 3 is 1.71 bits per heavy atom. The van der Waals surface area contributed by atoms with Gasteiger partial charge in [0.1, 0.15) is 78.3 Å². The van der Waals surface area contributed by atoms with Gasteiger partial charge in [0, 0.05) is 26.4 Å². The molecule has 3 saturated heterocycles. The molecule has 374 valence electrons. The van der Waals surface area contributed by atoms with Crippen LogP contribution in [0.4, 0.5) is 17.5 Å². The zero-order valence-electron chi connectivity index (χ0n) is 36.7. The van der Waals surface area contributed by atoms with E-state index in [1.165, 1.54) is 54.2 Å². The molecule has 0 aliphatic carbocycles. The van der Waals surface area contributed by atoms with Gasteiger partial charge in [-0.1, -0.05) is 0 Å². The summed E-state index contributed by atoms with van der Waals surface area (Å²) < 4.78 is 71.6. The molecule has 9 rings (SSSR count). The summed E-state index contributed by atoms with van der Waals surface area (Å²) in [5, 5.41) is 22.0. The number of aliphatic hydroxyl groups is 2. The molecule has 3 aliphatic rings. The molecule has 29 nitrogen and oxygen atoms in total. The Bertz CT molecular complexity index is 2970. The summed E-state index contributed by atoms with van der Waals surface area (Å²) in [4.78, 5) is 60.9. The number of aliphatic hydroxyl groups excluding tert-OH is 2. The van der Waals surface area contributed by atoms with Gasteiger partial charge in [0.15, 0.2) is 60.4 Å². The first-order valence-corrected chi connectivity index (χ1v) is 28.5. The molecule has 34 heteroatoms. The first kappa shape index (κ1) is 50.0. The Morgan fingerprint density at radius 2 is 1.17 bits per heavy atom. The van der Waals surface area contributed by atoms with E-state index in [-0.39, 0.29) is 59.0 Å². The van der Waals surface area contributed by atoms with Crippen molar-refractivity contribution < 1.29 is 66.1 Å². The fourth-order valence-electron chi connectivity index (χ4n) is 8.41. The van der Waals surface area contributed by atoms with Crippen LogP contribution in [0.5, 0.6) is 0 Å². The molecule has 3 fully saturated rings. The van der Waals surface area contributed by atoms with Crippen molar-refractivity contribution in [1.82, 2.24) is 58.6 Å². The van der Waals surface area contributed by atoms with E-state index in [2.05, 4.69) is 44.9 Å². The summed E-state index contributed by atoms with van der Waals surface area (Å²) >= 11 is 11.1. The van der Waals surface area contributed by atoms with Crippen LogP contribution in [0, 0.1) is 0 Å². The van der Waals surface area contributed by atoms with Crippen LogP contribution in [0.25, 0.3) is 33.5 Å². The topological polar surface area (TPSA) is 390 Å². The van der Waals surface area contributed by atoms with E-state index in [1.54, 1.807) is 18.2 Å². The molecule has 0 amide bonds. The molecule has 0 aromatic carbocycles. The van der Waals surface area contributed by atoms with Crippen molar-refractivity contribution in [3.63, 3.8) is 0 Å². The Labute approximate surface area is 400 Å². The number of nitrogens with two attached hydrogens (primary N) is 3. The number of aromatic nitrogens is 12. The third-order valence-electron chi connectivity index (χ3n) is 11.6.